The van der Waals surface area contributed by atoms with Gasteiger partial charge in [-0.15, -0.1) is 0 Å². The first-order chi connectivity index (χ1) is 10.1. The first-order valence-corrected chi connectivity index (χ1v) is 6.50. The third-order valence-corrected chi connectivity index (χ3v) is 3.44. The minimum Gasteiger partial charge on any atom is -0.478 e. The van der Waals surface area contributed by atoms with Crippen molar-refractivity contribution in [2.45, 2.75) is 0 Å². The number of aromatic carboxylic acids is 1. The van der Waals surface area contributed by atoms with Gasteiger partial charge in [0.2, 0.25) is 0 Å². The number of hydrogen-bond donors (Lipinski definition) is 1. The van der Waals surface area contributed by atoms with Gasteiger partial charge in [-0.2, -0.15) is 0 Å². The Bertz CT molecular complexity index is 912. The second-order valence-electron chi connectivity index (χ2n) is 4.47. The standard InChI is InChI=1S/C16H9ClO4/c17-12-4-2-1-3-10(12)15-8-13(18)11-7-9(16(19)20)5-6-14(11)21-15/h1-8H,(H,19,20). The molecule has 0 saturated carbocycles. The number of carboxylic acid groups (broad SMARTS) is 1. The Kier molecular flexibility index (Phi) is 3.23. The van der Waals surface area contributed by atoms with Crippen molar-refractivity contribution in [2.75, 3.05) is 0 Å². The molecule has 0 aliphatic rings. The van der Waals surface area contributed by atoms with Crippen LogP contribution in [0.3, 0.4) is 0 Å². The average Bonchev–Trinajstić information content (AvgIpc) is 2.47. The second-order valence-corrected chi connectivity index (χ2v) is 4.88. The number of rotatable bonds is 2. The van der Waals surface area contributed by atoms with Crippen LogP contribution in [0.1, 0.15) is 10.4 Å². The number of benzene rings is 2. The van der Waals surface area contributed by atoms with Crippen molar-refractivity contribution in [3.8, 4) is 11.3 Å². The van der Waals surface area contributed by atoms with Crippen LogP contribution < -0.4 is 5.43 Å². The maximum Gasteiger partial charge on any atom is 0.335 e. The van der Waals surface area contributed by atoms with Gasteiger partial charge in [0.15, 0.2) is 5.43 Å². The normalized spacial score (nSPS) is 10.7. The molecule has 21 heavy (non-hydrogen) atoms. The van der Waals surface area contributed by atoms with E-state index in [0.29, 0.717) is 21.9 Å². The molecule has 0 bridgehead atoms. The van der Waals surface area contributed by atoms with Crippen LogP contribution >= 0.6 is 11.6 Å². The van der Waals surface area contributed by atoms with Gasteiger partial charge < -0.3 is 9.52 Å². The maximum atomic E-state index is 12.2. The highest BCUT2D eigenvalue weighted by Crippen LogP contribution is 2.28. The van der Waals surface area contributed by atoms with E-state index < -0.39 is 5.97 Å². The van der Waals surface area contributed by atoms with Gasteiger partial charge in [-0.05, 0) is 30.3 Å². The summed E-state index contributed by atoms with van der Waals surface area (Å²) in [6.07, 6.45) is 0. The van der Waals surface area contributed by atoms with E-state index in [0.717, 1.165) is 0 Å². The van der Waals surface area contributed by atoms with Crippen LogP contribution in [-0.2, 0) is 0 Å². The molecule has 2 aromatic carbocycles. The topological polar surface area (TPSA) is 67.5 Å². The SMILES string of the molecule is O=C(O)c1ccc2oc(-c3ccccc3Cl)cc(=O)c2c1. The average molecular weight is 301 g/mol. The van der Waals surface area contributed by atoms with Crippen molar-refractivity contribution < 1.29 is 14.3 Å². The highest BCUT2D eigenvalue weighted by Gasteiger charge is 2.11. The fraction of sp³-hybridized carbons (Fsp3) is 0. The first-order valence-electron chi connectivity index (χ1n) is 6.12. The van der Waals surface area contributed by atoms with Crippen LogP contribution in [0.25, 0.3) is 22.3 Å². The lowest BCUT2D eigenvalue weighted by molar-refractivity contribution is 0.0697. The summed E-state index contributed by atoms with van der Waals surface area (Å²) in [5.74, 6) is -0.743. The van der Waals surface area contributed by atoms with Crippen LogP contribution in [-0.4, -0.2) is 11.1 Å². The van der Waals surface area contributed by atoms with Crippen LogP contribution in [0.5, 0.6) is 0 Å². The van der Waals surface area contributed by atoms with E-state index in [9.17, 15) is 9.59 Å². The van der Waals surface area contributed by atoms with E-state index >= 15 is 0 Å². The third kappa shape index (κ3) is 2.41. The molecule has 0 aliphatic heterocycles. The monoisotopic (exact) mass is 300 g/mol. The predicted molar refractivity (Wildman–Crippen MR) is 79.9 cm³/mol. The van der Waals surface area contributed by atoms with Crippen LogP contribution in [0, 0.1) is 0 Å². The lowest BCUT2D eigenvalue weighted by Crippen LogP contribution is -2.03. The molecule has 1 heterocycles. The molecule has 0 spiro atoms. The Morgan fingerprint density at radius 2 is 1.86 bits per heavy atom. The van der Waals surface area contributed by atoms with Crippen molar-refractivity contribution in [2.24, 2.45) is 0 Å². The fourth-order valence-corrected chi connectivity index (χ4v) is 2.31. The number of hydrogen-bond acceptors (Lipinski definition) is 3. The van der Waals surface area contributed by atoms with Crippen molar-refractivity contribution in [3.05, 3.63) is 69.3 Å². The summed E-state index contributed by atoms with van der Waals surface area (Å²) in [6.45, 7) is 0. The fourth-order valence-electron chi connectivity index (χ4n) is 2.08. The quantitative estimate of drug-likeness (QED) is 0.781. The van der Waals surface area contributed by atoms with E-state index in [4.69, 9.17) is 21.1 Å². The lowest BCUT2D eigenvalue weighted by atomic mass is 10.1. The Labute approximate surface area is 124 Å². The highest BCUT2D eigenvalue weighted by atomic mass is 35.5. The van der Waals surface area contributed by atoms with Gasteiger partial charge in [-0.25, -0.2) is 4.79 Å². The number of carbonyl (C=O) groups is 1. The summed E-state index contributed by atoms with van der Waals surface area (Å²) in [6, 6.07) is 12.5. The van der Waals surface area contributed by atoms with Gasteiger partial charge in [-0.1, -0.05) is 23.7 Å². The van der Waals surface area contributed by atoms with Crippen molar-refractivity contribution in [1.82, 2.24) is 0 Å². The molecule has 1 aromatic heterocycles. The molecule has 1 N–H and O–H groups in total. The van der Waals surface area contributed by atoms with Gasteiger partial charge in [0.1, 0.15) is 11.3 Å². The van der Waals surface area contributed by atoms with Gasteiger partial charge >= 0.3 is 5.97 Å². The molecule has 3 rings (SSSR count). The van der Waals surface area contributed by atoms with Crippen molar-refractivity contribution in [1.29, 1.82) is 0 Å². The molecule has 3 aromatic rings. The molecular weight excluding hydrogens is 292 g/mol. The Hall–Kier alpha value is -2.59. The predicted octanol–water partition coefficient (Wildman–Crippen LogP) is 3.81. The number of carboxylic acids is 1. The largest absolute Gasteiger partial charge is 0.478 e. The molecule has 5 heteroatoms. The van der Waals surface area contributed by atoms with E-state index in [-0.39, 0.29) is 16.4 Å². The Morgan fingerprint density at radius 1 is 1.10 bits per heavy atom. The zero-order chi connectivity index (χ0) is 15.0. The van der Waals surface area contributed by atoms with Crippen LogP contribution in [0.15, 0.2) is 57.7 Å². The van der Waals surface area contributed by atoms with Crippen molar-refractivity contribution >= 4 is 28.5 Å². The van der Waals surface area contributed by atoms with E-state index in [1.54, 1.807) is 24.3 Å². The maximum absolute atomic E-state index is 12.2. The van der Waals surface area contributed by atoms with Gasteiger partial charge in [0.05, 0.1) is 16.0 Å². The minimum absolute atomic E-state index is 0.0419. The second kappa shape index (κ2) is 5.07. The number of halogens is 1. The zero-order valence-corrected chi connectivity index (χ0v) is 11.4. The minimum atomic E-state index is -1.09. The summed E-state index contributed by atoms with van der Waals surface area (Å²) in [5.41, 5.74) is 0.664. The summed E-state index contributed by atoms with van der Waals surface area (Å²) in [4.78, 5) is 23.1. The van der Waals surface area contributed by atoms with Crippen molar-refractivity contribution in [3.63, 3.8) is 0 Å². The Balaban J connectivity index is 2.26. The molecule has 0 unspecified atom stereocenters. The van der Waals surface area contributed by atoms with Gasteiger partial charge in [-0.3, -0.25) is 4.79 Å². The highest BCUT2D eigenvalue weighted by molar-refractivity contribution is 6.33. The summed E-state index contributed by atoms with van der Waals surface area (Å²) < 4.78 is 5.67. The first kappa shape index (κ1) is 13.4. The van der Waals surface area contributed by atoms with E-state index in [2.05, 4.69) is 0 Å². The Morgan fingerprint density at radius 3 is 2.57 bits per heavy atom. The summed E-state index contributed by atoms with van der Waals surface area (Å²) in [5, 5.41) is 9.66. The molecule has 0 atom stereocenters. The molecule has 0 aliphatic carbocycles. The molecule has 0 radical (unpaired) electrons. The third-order valence-electron chi connectivity index (χ3n) is 3.11. The number of fused-ring (bicyclic) bond motifs is 1. The molecular formula is C16H9ClO4. The zero-order valence-electron chi connectivity index (χ0n) is 10.7. The summed E-state index contributed by atoms with van der Waals surface area (Å²) in [7, 11) is 0. The van der Waals surface area contributed by atoms with Gasteiger partial charge in [0, 0.05) is 11.6 Å². The molecule has 104 valence electrons. The lowest BCUT2D eigenvalue weighted by Gasteiger charge is -2.05. The van der Waals surface area contributed by atoms with E-state index in [1.807, 2.05) is 0 Å². The molecule has 0 fully saturated rings. The molecule has 0 amide bonds. The van der Waals surface area contributed by atoms with Crippen LogP contribution in [0.2, 0.25) is 5.02 Å². The van der Waals surface area contributed by atoms with Gasteiger partial charge in [0.25, 0.3) is 0 Å². The molecule has 0 saturated heterocycles. The van der Waals surface area contributed by atoms with E-state index in [1.165, 1.54) is 24.3 Å². The molecule has 4 nitrogen and oxygen atoms in total. The smallest absolute Gasteiger partial charge is 0.335 e. The van der Waals surface area contributed by atoms with Crippen LogP contribution in [0.4, 0.5) is 0 Å². The summed E-state index contributed by atoms with van der Waals surface area (Å²) >= 11 is 6.09.